The molecule has 0 saturated carbocycles. The number of thioether (sulfide) groups is 1. The normalized spacial score (nSPS) is 14.9. The van der Waals surface area contributed by atoms with E-state index in [2.05, 4.69) is 15.5 Å². The Labute approximate surface area is 154 Å². The number of amides is 3. The molecule has 1 aromatic heterocycles. The number of carbonyl (C=O) groups is 2. The van der Waals surface area contributed by atoms with Gasteiger partial charge in [0.05, 0.1) is 25.0 Å². The molecule has 1 aliphatic heterocycles. The number of carbonyl (C=O) groups excluding carboxylic acids is 2. The predicted molar refractivity (Wildman–Crippen MR) is 93.3 cm³/mol. The van der Waals surface area contributed by atoms with Crippen molar-refractivity contribution in [2.45, 2.75) is 17.4 Å². The first-order valence-corrected chi connectivity index (χ1v) is 8.73. The number of urea groups is 1. The molecular weight excluding hydrogens is 360 g/mol. The maximum atomic E-state index is 12.3. The second-order valence-corrected chi connectivity index (χ2v) is 6.71. The molecule has 138 valence electrons. The highest BCUT2D eigenvalue weighted by Gasteiger charge is 2.31. The second-order valence-electron chi connectivity index (χ2n) is 5.42. The van der Waals surface area contributed by atoms with E-state index >= 15 is 0 Å². The molecule has 3 rings (SSSR count). The fraction of sp³-hybridized carbons (Fsp3) is 0.375. The molecule has 2 heterocycles. The van der Waals surface area contributed by atoms with Gasteiger partial charge >= 0.3 is 6.03 Å². The van der Waals surface area contributed by atoms with E-state index in [1.54, 1.807) is 32.2 Å². The number of methoxy groups -OCH3 is 2. The smallest absolute Gasteiger partial charge is 0.324 e. The third kappa shape index (κ3) is 3.59. The highest BCUT2D eigenvalue weighted by molar-refractivity contribution is 8.00. The van der Waals surface area contributed by atoms with Crippen LogP contribution in [0.1, 0.15) is 6.92 Å². The van der Waals surface area contributed by atoms with Crippen LogP contribution in [-0.4, -0.2) is 59.6 Å². The molecule has 26 heavy (non-hydrogen) atoms. The van der Waals surface area contributed by atoms with E-state index < -0.39 is 5.25 Å². The topological polar surface area (TPSA) is 107 Å². The summed E-state index contributed by atoms with van der Waals surface area (Å²) in [7, 11) is 3.10. The number of hydrogen-bond acceptors (Lipinski definition) is 8. The van der Waals surface area contributed by atoms with Crippen molar-refractivity contribution in [2.24, 2.45) is 0 Å². The molecule has 1 aliphatic rings. The molecule has 3 amide bonds. The summed E-state index contributed by atoms with van der Waals surface area (Å²) in [4.78, 5) is 25.1. The van der Waals surface area contributed by atoms with Crippen LogP contribution in [0.4, 0.5) is 4.79 Å². The van der Waals surface area contributed by atoms with Crippen LogP contribution in [-0.2, 0) is 4.79 Å². The summed E-state index contributed by atoms with van der Waals surface area (Å²) in [6.45, 7) is 2.51. The van der Waals surface area contributed by atoms with Gasteiger partial charge in [-0.05, 0) is 19.1 Å². The first-order valence-electron chi connectivity index (χ1n) is 7.85. The minimum atomic E-state index is -0.537. The lowest BCUT2D eigenvalue weighted by Gasteiger charge is -2.15. The van der Waals surface area contributed by atoms with Crippen LogP contribution in [0, 0.1) is 0 Å². The van der Waals surface area contributed by atoms with Gasteiger partial charge in [-0.3, -0.25) is 9.69 Å². The lowest BCUT2D eigenvalue weighted by molar-refractivity contribution is -0.126. The fourth-order valence-corrected chi connectivity index (χ4v) is 3.19. The van der Waals surface area contributed by atoms with Crippen LogP contribution >= 0.6 is 11.8 Å². The van der Waals surface area contributed by atoms with Crippen LogP contribution in [0.2, 0.25) is 0 Å². The molecule has 0 unspecified atom stereocenters. The Bertz CT molecular complexity index is 825. The van der Waals surface area contributed by atoms with Gasteiger partial charge in [0.15, 0.2) is 0 Å². The Morgan fingerprint density at radius 2 is 2.15 bits per heavy atom. The Morgan fingerprint density at radius 3 is 2.81 bits per heavy atom. The molecular formula is C16H18N4O5S. The summed E-state index contributed by atoms with van der Waals surface area (Å²) >= 11 is 1.10. The summed E-state index contributed by atoms with van der Waals surface area (Å²) in [6, 6.07) is 4.84. The van der Waals surface area contributed by atoms with Gasteiger partial charge in [-0.25, -0.2) is 4.79 Å². The average Bonchev–Trinajstić information content (AvgIpc) is 3.29. The van der Waals surface area contributed by atoms with E-state index in [1.807, 2.05) is 0 Å². The van der Waals surface area contributed by atoms with Crippen LogP contribution in [0.5, 0.6) is 11.5 Å². The van der Waals surface area contributed by atoms with Gasteiger partial charge in [0, 0.05) is 19.2 Å². The summed E-state index contributed by atoms with van der Waals surface area (Å²) in [5.41, 5.74) is 0.616. The number of hydrogen-bond donors (Lipinski definition) is 1. The number of nitrogens with one attached hydrogen (secondary N) is 1. The summed E-state index contributed by atoms with van der Waals surface area (Å²) < 4.78 is 16.1. The SMILES string of the molecule is COc1ccc(-c2nnc(S[C@@H](C)C(=O)N3CCNC3=O)o2)c(OC)c1. The second kappa shape index (κ2) is 7.65. The van der Waals surface area contributed by atoms with Crippen LogP contribution < -0.4 is 14.8 Å². The predicted octanol–water partition coefficient (Wildman–Crippen LogP) is 1.79. The molecule has 2 aromatic rings. The van der Waals surface area contributed by atoms with E-state index in [0.29, 0.717) is 30.2 Å². The monoisotopic (exact) mass is 378 g/mol. The third-order valence-corrected chi connectivity index (χ3v) is 4.72. The van der Waals surface area contributed by atoms with Gasteiger partial charge in [0.2, 0.25) is 5.91 Å². The van der Waals surface area contributed by atoms with E-state index in [1.165, 1.54) is 12.0 Å². The highest BCUT2D eigenvalue weighted by atomic mass is 32.2. The molecule has 1 N–H and O–H groups in total. The number of benzene rings is 1. The van der Waals surface area contributed by atoms with E-state index in [-0.39, 0.29) is 23.1 Å². The van der Waals surface area contributed by atoms with E-state index in [0.717, 1.165) is 11.8 Å². The number of imide groups is 1. The Kier molecular flexibility index (Phi) is 5.31. The molecule has 1 aromatic carbocycles. The van der Waals surface area contributed by atoms with E-state index in [4.69, 9.17) is 13.9 Å². The fourth-order valence-electron chi connectivity index (χ4n) is 2.44. The van der Waals surface area contributed by atoms with Gasteiger partial charge in [-0.15, -0.1) is 10.2 Å². The molecule has 9 nitrogen and oxygen atoms in total. The quantitative estimate of drug-likeness (QED) is 0.758. The Hall–Kier alpha value is -2.75. The van der Waals surface area contributed by atoms with Crippen molar-refractivity contribution in [2.75, 3.05) is 27.3 Å². The van der Waals surface area contributed by atoms with Crippen molar-refractivity contribution < 1.29 is 23.5 Å². The third-order valence-electron chi connectivity index (χ3n) is 3.79. The van der Waals surface area contributed by atoms with Gasteiger partial charge in [-0.2, -0.15) is 0 Å². The van der Waals surface area contributed by atoms with Crippen LogP contribution in [0.3, 0.4) is 0 Å². The van der Waals surface area contributed by atoms with Crippen molar-refractivity contribution in [3.8, 4) is 23.0 Å². The zero-order chi connectivity index (χ0) is 18.7. The summed E-state index contributed by atoms with van der Waals surface area (Å²) in [6.07, 6.45) is 0. The first kappa shape index (κ1) is 18.1. The number of rotatable bonds is 6. The summed E-state index contributed by atoms with van der Waals surface area (Å²) in [5, 5.41) is 10.3. The molecule has 1 fully saturated rings. The molecule has 1 atom stereocenters. The Balaban J connectivity index is 1.74. The molecule has 1 saturated heterocycles. The molecule has 0 bridgehead atoms. The largest absolute Gasteiger partial charge is 0.497 e. The molecule has 0 radical (unpaired) electrons. The zero-order valence-corrected chi connectivity index (χ0v) is 15.3. The van der Waals surface area contributed by atoms with Gasteiger partial charge in [0.25, 0.3) is 11.1 Å². The van der Waals surface area contributed by atoms with Gasteiger partial charge in [-0.1, -0.05) is 11.8 Å². The van der Waals surface area contributed by atoms with Crippen molar-refractivity contribution in [3.63, 3.8) is 0 Å². The van der Waals surface area contributed by atoms with Gasteiger partial charge in [0.1, 0.15) is 11.5 Å². The minimum Gasteiger partial charge on any atom is -0.497 e. The standard InChI is InChI=1S/C16H18N4O5S/c1-9(14(21)20-7-6-17-15(20)22)26-16-19-18-13(25-16)11-5-4-10(23-2)8-12(11)24-3/h4-5,8-9H,6-7H2,1-3H3,(H,17,22)/t9-/m0/s1. The van der Waals surface area contributed by atoms with Crippen molar-refractivity contribution >= 4 is 23.7 Å². The van der Waals surface area contributed by atoms with E-state index in [9.17, 15) is 9.59 Å². The molecule has 0 spiro atoms. The number of nitrogens with zero attached hydrogens (tertiary/aromatic N) is 3. The Morgan fingerprint density at radius 1 is 1.35 bits per heavy atom. The van der Waals surface area contributed by atoms with Crippen LogP contribution in [0.25, 0.3) is 11.5 Å². The van der Waals surface area contributed by atoms with Crippen molar-refractivity contribution in [3.05, 3.63) is 18.2 Å². The number of aromatic nitrogens is 2. The highest BCUT2D eigenvalue weighted by Crippen LogP contribution is 2.34. The zero-order valence-electron chi connectivity index (χ0n) is 14.5. The average molecular weight is 378 g/mol. The summed E-state index contributed by atoms with van der Waals surface area (Å²) in [5.74, 6) is 1.14. The maximum absolute atomic E-state index is 12.3. The lowest BCUT2D eigenvalue weighted by Crippen LogP contribution is -2.38. The van der Waals surface area contributed by atoms with Crippen molar-refractivity contribution in [1.29, 1.82) is 0 Å². The molecule has 0 aliphatic carbocycles. The van der Waals surface area contributed by atoms with Crippen molar-refractivity contribution in [1.82, 2.24) is 20.4 Å². The maximum Gasteiger partial charge on any atom is 0.324 e. The minimum absolute atomic E-state index is 0.235. The number of ether oxygens (including phenoxy) is 2. The molecule has 10 heteroatoms. The lowest BCUT2D eigenvalue weighted by atomic mass is 10.2. The van der Waals surface area contributed by atoms with Gasteiger partial charge < -0.3 is 19.2 Å². The van der Waals surface area contributed by atoms with Crippen LogP contribution in [0.15, 0.2) is 27.8 Å². The first-order chi connectivity index (χ1) is 12.5.